The molecule has 0 spiro atoms. The van der Waals surface area contributed by atoms with Crippen LogP contribution in [0.3, 0.4) is 0 Å². The molecule has 1 atom stereocenters. The summed E-state index contributed by atoms with van der Waals surface area (Å²) in [5, 5.41) is 10.1. The van der Waals surface area contributed by atoms with Gasteiger partial charge in [0.15, 0.2) is 0 Å². The Kier molecular flexibility index (Phi) is 5.23. The van der Waals surface area contributed by atoms with Crippen LogP contribution in [0.1, 0.15) is 23.4 Å². The first-order chi connectivity index (χ1) is 13.7. The Morgan fingerprint density at radius 2 is 2.11 bits per heavy atom. The highest BCUT2D eigenvalue weighted by Gasteiger charge is 2.21. The molecule has 7 nitrogen and oxygen atoms in total. The van der Waals surface area contributed by atoms with Gasteiger partial charge in [-0.2, -0.15) is 5.10 Å². The largest absolute Gasteiger partial charge is 0.496 e. The Bertz CT molecular complexity index is 954. The Balaban J connectivity index is 1.41. The number of nitrogens with one attached hydrogen (secondary N) is 2. The number of anilines is 1. The fourth-order valence-corrected chi connectivity index (χ4v) is 3.52. The van der Waals surface area contributed by atoms with Gasteiger partial charge in [-0.15, -0.1) is 0 Å². The number of carbonyl (C=O) groups is 1. The number of rotatable bonds is 5. The average molecular weight is 377 g/mol. The van der Waals surface area contributed by atoms with Crippen LogP contribution in [0, 0.1) is 0 Å². The van der Waals surface area contributed by atoms with Crippen molar-refractivity contribution < 1.29 is 9.53 Å². The molecule has 2 N–H and O–H groups in total. The van der Waals surface area contributed by atoms with Gasteiger partial charge in [0.1, 0.15) is 17.9 Å². The Morgan fingerprint density at radius 3 is 2.93 bits per heavy atom. The van der Waals surface area contributed by atoms with E-state index < -0.39 is 0 Å². The summed E-state index contributed by atoms with van der Waals surface area (Å²) in [5.74, 6) is 1.78. The van der Waals surface area contributed by atoms with E-state index in [0.29, 0.717) is 6.54 Å². The number of hydrogen-bond donors (Lipinski definition) is 2. The first kappa shape index (κ1) is 18.0. The SMILES string of the molecule is COc1ccc(NC(=O)NC2CCc3ncnn3C2)cc1Cc1ccccc1. The molecule has 1 aromatic heterocycles. The molecular formula is C21H23N5O2. The van der Waals surface area contributed by atoms with Crippen LogP contribution in [0.15, 0.2) is 54.9 Å². The molecule has 0 saturated heterocycles. The predicted molar refractivity (Wildman–Crippen MR) is 107 cm³/mol. The molecule has 1 unspecified atom stereocenters. The second-order valence-electron chi connectivity index (χ2n) is 6.88. The maximum absolute atomic E-state index is 12.5. The van der Waals surface area contributed by atoms with Gasteiger partial charge in [0, 0.05) is 24.1 Å². The molecule has 3 aromatic rings. The molecule has 7 heteroatoms. The zero-order valence-corrected chi connectivity index (χ0v) is 15.8. The van der Waals surface area contributed by atoms with Gasteiger partial charge < -0.3 is 15.4 Å². The third-order valence-corrected chi connectivity index (χ3v) is 4.92. The van der Waals surface area contributed by atoms with E-state index in [9.17, 15) is 4.79 Å². The second kappa shape index (κ2) is 8.12. The number of urea groups is 1. The molecule has 0 saturated carbocycles. The quantitative estimate of drug-likeness (QED) is 0.716. The minimum Gasteiger partial charge on any atom is -0.496 e. The van der Waals surface area contributed by atoms with Crippen molar-refractivity contribution in [1.29, 1.82) is 0 Å². The van der Waals surface area contributed by atoms with Gasteiger partial charge in [0.25, 0.3) is 0 Å². The van der Waals surface area contributed by atoms with E-state index in [2.05, 4.69) is 32.8 Å². The van der Waals surface area contributed by atoms with Crippen LogP contribution in [0.5, 0.6) is 5.75 Å². The highest BCUT2D eigenvalue weighted by Crippen LogP contribution is 2.25. The standard InChI is InChI=1S/C21H23N5O2/c1-28-19-9-7-17(12-16(19)11-15-5-3-2-4-6-15)24-21(27)25-18-8-10-20-22-14-23-26(20)13-18/h2-7,9,12,14,18H,8,10-11,13H2,1H3,(H2,24,25,27). The first-order valence-electron chi connectivity index (χ1n) is 9.36. The van der Waals surface area contributed by atoms with E-state index in [4.69, 9.17) is 4.74 Å². The lowest BCUT2D eigenvalue weighted by Crippen LogP contribution is -2.43. The maximum atomic E-state index is 12.5. The fourth-order valence-electron chi connectivity index (χ4n) is 3.52. The van der Waals surface area contributed by atoms with Crippen molar-refractivity contribution in [3.63, 3.8) is 0 Å². The van der Waals surface area contributed by atoms with E-state index >= 15 is 0 Å². The molecule has 2 heterocycles. The summed E-state index contributed by atoms with van der Waals surface area (Å²) in [7, 11) is 1.66. The second-order valence-corrected chi connectivity index (χ2v) is 6.88. The highest BCUT2D eigenvalue weighted by molar-refractivity contribution is 5.89. The van der Waals surface area contributed by atoms with Crippen LogP contribution in [0.2, 0.25) is 0 Å². The summed E-state index contributed by atoms with van der Waals surface area (Å²) in [6.45, 7) is 0.643. The van der Waals surface area contributed by atoms with Crippen molar-refractivity contribution in [1.82, 2.24) is 20.1 Å². The minimum absolute atomic E-state index is 0.0382. The summed E-state index contributed by atoms with van der Waals surface area (Å²) in [6.07, 6.45) is 3.96. The van der Waals surface area contributed by atoms with Crippen molar-refractivity contribution in [3.05, 3.63) is 71.8 Å². The molecule has 4 rings (SSSR count). The number of hydrogen-bond acceptors (Lipinski definition) is 4. The third kappa shape index (κ3) is 4.14. The van der Waals surface area contributed by atoms with Crippen LogP contribution in [-0.4, -0.2) is 33.9 Å². The number of benzene rings is 2. The van der Waals surface area contributed by atoms with Crippen molar-refractivity contribution >= 4 is 11.7 Å². The molecule has 1 aliphatic rings. The molecule has 0 radical (unpaired) electrons. The number of amides is 2. The number of aromatic nitrogens is 3. The van der Waals surface area contributed by atoms with E-state index in [1.54, 1.807) is 13.4 Å². The molecular weight excluding hydrogens is 354 g/mol. The lowest BCUT2D eigenvalue weighted by molar-refractivity contribution is 0.243. The molecule has 2 amide bonds. The molecule has 0 fully saturated rings. The lowest BCUT2D eigenvalue weighted by atomic mass is 10.0. The summed E-state index contributed by atoms with van der Waals surface area (Å²) in [4.78, 5) is 16.7. The zero-order chi connectivity index (χ0) is 19.3. The summed E-state index contributed by atoms with van der Waals surface area (Å²) < 4.78 is 7.33. The number of ether oxygens (including phenoxy) is 1. The van der Waals surface area contributed by atoms with Gasteiger partial charge in [-0.25, -0.2) is 14.5 Å². The normalized spacial score (nSPS) is 15.5. The number of carbonyl (C=O) groups excluding carboxylic acids is 1. The van der Waals surface area contributed by atoms with Crippen LogP contribution in [0.4, 0.5) is 10.5 Å². The van der Waals surface area contributed by atoms with Crippen LogP contribution in [-0.2, 0) is 19.4 Å². The van der Waals surface area contributed by atoms with Crippen LogP contribution < -0.4 is 15.4 Å². The monoisotopic (exact) mass is 377 g/mol. The molecule has 0 bridgehead atoms. The zero-order valence-electron chi connectivity index (χ0n) is 15.8. The third-order valence-electron chi connectivity index (χ3n) is 4.92. The van der Waals surface area contributed by atoms with E-state index in [1.807, 2.05) is 41.1 Å². The smallest absolute Gasteiger partial charge is 0.319 e. The van der Waals surface area contributed by atoms with Gasteiger partial charge in [0.2, 0.25) is 0 Å². The van der Waals surface area contributed by atoms with Crippen molar-refractivity contribution in [2.45, 2.75) is 31.8 Å². The Labute approximate surface area is 163 Å². The summed E-state index contributed by atoms with van der Waals surface area (Å²) in [5.41, 5.74) is 2.95. The van der Waals surface area contributed by atoms with E-state index in [0.717, 1.165) is 42.1 Å². The van der Waals surface area contributed by atoms with Gasteiger partial charge >= 0.3 is 6.03 Å². The molecule has 1 aliphatic heterocycles. The summed E-state index contributed by atoms with van der Waals surface area (Å²) >= 11 is 0. The van der Waals surface area contributed by atoms with Crippen LogP contribution in [0.25, 0.3) is 0 Å². The summed E-state index contributed by atoms with van der Waals surface area (Å²) in [6, 6.07) is 15.7. The van der Waals surface area contributed by atoms with Crippen LogP contribution >= 0.6 is 0 Å². The number of aryl methyl sites for hydroxylation is 1. The van der Waals surface area contributed by atoms with Gasteiger partial charge in [0.05, 0.1) is 19.7 Å². The van der Waals surface area contributed by atoms with E-state index in [-0.39, 0.29) is 12.1 Å². The number of nitrogens with zero attached hydrogens (tertiary/aromatic N) is 3. The highest BCUT2D eigenvalue weighted by atomic mass is 16.5. The Morgan fingerprint density at radius 1 is 1.25 bits per heavy atom. The first-order valence-corrected chi connectivity index (χ1v) is 9.36. The lowest BCUT2D eigenvalue weighted by Gasteiger charge is -2.23. The fraction of sp³-hybridized carbons (Fsp3) is 0.286. The molecule has 144 valence electrons. The predicted octanol–water partition coefficient (Wildman–Crippen LogP) is 3.01. The topological polar surface area (TPSA) is 81.1 Å². The maximum Gasteiger partial charge on any atom is 0.319 e. The molecule has 0 aliphatic carbocycles. The van der Waals surface area contributed by atoms with Gasteiger partial charge in [-0.3, -0.25) is 0 Å². The molecule has 28 heavy (non-hydrogen) atoms. The van der Waals surface area contributed by atoms with Crippen molar-refractivity contribution in [3.8, 4) is 5.75 Å². The minimum atomic E-state index is -0.218. The molecule has 2 aromatic carbocycles. The number of fused-ring (bicyclic) bond motifs is 1. The van der Waals surface area contributed by atoms with Gasteiger partial charge in [-0.1, -0.05) is 30.3 Å². The van der Waals surface area contributed by atoms with E-state index in [1.165, 1.54) is 5.56 Å². The van der Waals surface area contributed by atoms with Gasteiger partial charge in [-0.05, 0) is 30.2 Å². The number of methoxy groups -OCH3 is 1. The van der Waals surface area contributed by atoms with Crippen molar-refractivity contribution in [2.24, 2.45) is 0 Å². The average Bonchev–Trinajstić information content (AvgIpc) is 3.17. The van der Waals surface area contributed by atoms with Crippen molar-refractivity contribution in [2.75, 3.05) is 12.4 Å². The Hall–Kier alpha value is -3.35.